The summed E-state index contributed by atoms with van der Waals surface area (Å²) in [5.74, 6) is -4.40. The summed E-state index contributed by atoms with van der Waals surface area (Å²) in [7, 11) is 0. The molecule has 1 aliphatic rings. The second-order valence-corrected chi connectivity index (χ2v) is 8.36. The molecule has 3 N–H and O–H groups in total. The molecule has 3 rings (SSSR count). The number of carbonyl (C=O) groups excluding carboxylic acids is 2. The number of carboxylic acids is 1. The van der Waals surface area contributed by atoms with E-state index in [0.717, 1.165) is 22.3 Å². The quantitative estimate of drug-likeness (QED) is 0.531. The zero-order valence-corrected chi connectivity index (χ0v) is 18.6. The molecule has 0 saturated heterocycles. The molecule has 0 radical (unpaired) electrons. The van der Waals surface area contributed by atoms with Crippen LogP contribution in [-0.4, -0.2) is 47.9 Å². The number of carbonyl (C=O) groups is 3. The first-order chi connectivity index (χ1) is 16.0. The summed E-state index contributed by atoms with van der Waals surface area (Å²) >= 11 is 0. The smallest absolute Gasteiger partial charge is 0.422 e. The van der Waals surface area contributed by atoms with Crippen molar-refractivity contribution >= 4 is 18.0 Å². The van der Waals surface area contributed by atoms with Gasteiger partial charge in [-0.1, -0.05) is 55.5 Å². The van der Waals surface area contributed by atoms with Gasteiger partial charge >= 0.3 is 18.2 Å². The van der Waals surface area contributed by atoms with E-state index in [4.69, 9.17) is 9.84 Å². The average Bonchev–Trinajstić information content (AvgIpc) is 3.10. The Labute approximate surface area is 194 Å². The van der Waals surface area contributed by atoms with Crippen molar-refractivity contribution in [2.75, 3.05) is 13.2 Å². The minimum absolute atomic E-state index is 0.0103. The maximum atomic E-state index is 13.1. The SMILES string of the molecule is CC(CCNC(=O)OCC1c2ccccc2-c2ccccc21)C(=O)NC(C)(C(=O)O)C(F)(F)F. The molecular weight excluding hydrogens is 453 g/mol. The number of amides is 2. The molecule has 1 aliphatic carbocycles. The van der Waals surface area contributed by atoms with Gasteiger partial charge in [-0.05, 0) is 35.6 Å². The van der Waals surface area contributed by atoms with E-state index in [0.29, 0.717) is 6.92 Å². The van der Waals surface area contributed by atoms with E-state index in [-0.39, 0.29) is 25.5 Å². The second-order valence-electron chi connectivity index (χ2n) is 8.36. The van der Waals surface area contributed by atoms with Crippen LogP contribution >= 0.6 is 0 Å². The first kappa shape index (κ1) is 25.1. The van der Waals surface area contributed by atoms with Crippen LogP contribution in [0.4, 0.5) is 18.0 Å². The highest BCUT2D eigenvalue weighted by Crippen LogP contribution is 2.44. The van der Waals surface area contributed by atoms with Crippen LogP contribution < -0.4 is 10.6 Å². The summed E-state index contributed by atoms with van der Waals surface area (Å²) in [6, 6.07) is 15.7. The number of rotatable bonds is 8. The van der Waals surface area contributed by atoms with Gasteiger partial charge in [-0.2, -0.15) is 13.2 Å². The van der Waals surface area contributed by atoms with E-state index in [9.17, 15) is 27.6 Å². The van der Waals surface area contributed by atoms with Crippen LogP contribution in [0.15, 0.2) is 48.5 Å². The summed E-state index contributed by atoms with van der Waals surface area (Å²) in [5, 5.41) is 12.9. The molecule has 2 amide bonds. The number of hydrogen-bond donors (Lipinski definition) is 3. The minimum atomic E-state index is -5.17. The summed E-state index contributed by atoms with van der Waals surface area (Å²) < 4.78 is 44.6. The first-order valence-corrected chi connectivity index (χ1v) is 10.7. The fraction of sp³-hybridized carbons (Fsp3) is 0.375. The lowest BCUT2D eigenvalue weighted by Crippen LogP contribution is -2.62. The van der Waals surface area contributed by atoms with Gasteiger partial charge in [-0.3, -0.25) is 4.79 Å². The molecule has 0 fully saturated rings. The van der Waals surface area contributed by atoms with Gasteiger partial charge in [0.2, 0.25) is 11.4 Å². The molecule has 0 heterocycles. The number of alkyl carbamates (subject to hydrolysis) is 1. The lowest BCUT2D eigenvalue weighted by atomic mass is 9.98. The Balaban J connectivity index is 1.50. The third kappa shape index (κ3) is 5.00. The number of benzene rings is 2. The van der Waals surface area contributed by atoms with E-state index in [1.165, 1.54) is 6.92 Å². The van der Waals surface area contributed by atoms with Crippen molar-refractivity contribution in [3.8, 4) is 11.1 Å². The Bertz CT molecular complexity index is 1040. The van der Waals surface area contributed by atoms with Crippen LogP contribution in [0.2, 0.25) is 0 Å². The van der Waals surface area contributed by atoms with Crippen LogP contribution in [0.1, 0.15) is 37.3 Å². The van der Waals surface area contributed by atoms with Crippen molar-refractivity contribution in [1.82, 2.24) is 10.6 Å². The largest absolute Gasteiger partial charge is 0.479 e. The molecule has 2 unspecified atom stereocenters. The van der Waals surface area contributed by atoms with Crippen LogP contribution in [0.3, 0.4) is 0 Å². The Morgan fingerprint density at radius 1 is 1.03 bits per heavy atom. The Morgan fingerprint density at radius 3 is 2.06 bits per heavy atom. The number of carboxylic acid groups (broad SMARTS) is 1. The van der Waals surface area contributed by atoms with Gasteiger partial charge in [-0.25, -0.2) is 9.59 Å². The van der Waals surface area contributed by atoms with Crippen molar-refractivity contribution in [3.63, 3.8) is 0 Å². The predicted molar refractivity (Wildman–Crippen MR) is 117 cm³/mol. The Hall–Kier alpha value is -3.56. The number of hydrogen-bond acceptors (Lipinski definition) is 4. The number of halogens is 3. The molecule has 0 aromatic heterocycles. The van der Waals surface area contributed by atoms with Crippen LogP contribution in [0.25, 0.3) is 11.1 Å². The van der Waals surface area contributed by atoms with Crippen LogP contribution in [0.5, 0.6) is 0 Å². The summed E-state index contributed by atoms with van der Waals surface area (Å²) in [4.78, 5) is 35.3. The van der Waals surface area contributed by atoms with Gasteiger partial charge < -0.3 is 20.5 Å². The average molecular weight is 478 g/mol. The number of fused-ring (bicyclic) bond motifs is 3. The van der Waals surface area contributed by atoms with Gasteiger partial charge in [0.1, 0.15) is 6.61 Å². The summed E-state index contributed by atoms with van der Waals surface area (Å²) in [6.45, 7) is 1.78. The number of alkyl halides is 3. The number of nitrogens with one attached hydrogen (secondary N) is 2. The topological polar surface area (TPSA) is 105 Å². The maximum Gasteiger partial charge on any atom is 0.422 e. The predicted octanol–water partition coefficient (Wildman–Crippen LogP) is 4.07. The summed E-state index contributed by atoms with van der Waals surface area (Å²) in [5.41, 5.74) is 0.859. The molecule has 182 valence electrons. The summed E-state index contributed by atoms with van der Waals surface area (Å²) in [6.07, 6.45) is -5.91. The van der Waals surface area contributed by atoms with Gasteiger partial charge in [0.25, 0.3) is 0 Å². The van der Waals surface area contributed by atoms with E-state index in [1.54, 1.807) is 5.32 Å². The molecule has 2 aromatic carbocycles. The van der Waals surface area contributed by atoms with Crippen molar-refractivity contribution in [2.45, 2.75) is 37.9 Å². The van der Waals surface area contributed by atoms with Crippen molar-refractivity contribution in [3.05, 3.63) is 59.7 Å². The maximum absolute atomic E-state index is 13.1. The zero-order chi connectivity index (χ0) is 25.1. The molecule has 34 heavy (non-hydrogen) atoms. The van der Waals surface area contributed by atoms with Crippen LogP contribution in [0, 0.1) is 5.92 Å². The minimum Gasteiger partial charge on any atom is -0.479 e. The molecule has 7 nitrogen and oxygen atoms in total. The molecule has 0 spiro atoms. The van der Waals surface area contributed by atoms with E-state index in [1.807, 2.05) is 48.5 Å². The van der Waals surface area contributed by atoms with E-state index < -0.39 is 35.6 Å². The molecule has 10 heteroatoms. The Morgan fingerprint density at radius 2 is 1.56 bits per heavy atom. The molecule has 0 saturated carbocycles. The van der Waals surface area contributed by atoms with Gasteiger partial charge in [0.05, 0.1) is 0 Å². The van der Waals surface area contributed by atoms with E-state index in [2.05, 4.69) is 5.32 Å². The molecule has 0 bridgehead atoms. The fourth-order valence-electron chi connectivity index (χ4n) is 3.79. The molecular formula is C24H25F3N2O5. The highest BCUT2D eigenvalue weighted by atomic mass is 19.4. The van der Waals surface area contributed by atoms with Gasteiger partial charge in [0, 0.05) is 18.4 Å². The third-order valence-corrected chi connectivity index (χ3v) is 6.01. The van der Waals surface area contributed by atoms with Crippen molar-refractivity contribution in [2.24, 2.45) is 5.92 Å². The van der Waals surface area contributed by atoms with Gasteiger partial charge in [-0.15, -0.1) is 0 Å². The lowest BCUT2D eigenvalue weighted by molar-refractivity contribution is -0.207. The fourth-order valence-corrected chi connectivity index (χ4v) is 3.79. The third-order valence-electron chi connectivity index (χ3n) is 6.01. The number of aliphatic carboxylic acids is 1. The molecule has 2 aromatic rings. The first-order valence-electron chi connectivity index (χ1n) is 10.7. The zero-order valence-electron chi connectivity index (χ0n) is 18.6. The molecule has 2 atom stereocenters. The second kappa shape index (κ2) is 9.74. The molecule has 0 aliphatic heterocycles. The van der Waals surface area contributed by atoms with Crippen molar-refractivity contribution in [1.29, 1.82) is 0 Å². The van der Waals surface area contributed by atoms with Crippen LogP contribution in [-0.2, 0) is 14.3 Å². The monoisotopic (exact) mass is 478 g/mol. The standard InChI is InChI=1S/C24H25F3N2O5/c1-14(20(30)29-23(2,21(31)32)24(25,26)27)11-12-28-22(33)34-13-19-17-9-5-3-7-15(17)16-8-4-6-10-18(16)19/h3-10,14,19H,11-13H2,1-2H3,(H,28,33)(H,29,30)(H,31,32). The highest BCUT2D eigenvalue weighted by Gasteiger charge is 2.58. The Kier molecular flexibility index (Phi) is 7.18. The van der Waals surface area contributed by atoms with E-state index >= 15 is 0 Å². The van der Waals surface area contributed by atoms with Gasteiger partial charge in [0.15, 0.2) is 0 Å². The normalized spacial score (nSPS) is 15.4. The highest BCUT2D eigenvalue weighted by molar-refractivity contribution is 5.88. The van der Waals surface area contributed by atoms with Crippen molar-refractivity contribution < 1.29 is 37.4 Å². The number of ether oxygens (including phenoxy) is 1. The lowest BCUT2D eigenvalue weighted by Gasteiger charge is -2.29.